The fourth-order valence-corrected chi connectivity index (χ4v) is 3.37. The minimum absolute atomic E-state index is 0.139. The van der Waals surface area contributed by atoms with Crippen LogP contribution in [0.3, 0.4) is 0 Å². The Morgan fingerprint density at radius 3 is 2.43 bits per heavy atom. The standard InChI is InChI=1S/C21H22ClN3O3/c22-15-8-11-18(20(27)24-16-4-2-1-3-5-16)19(12-15)21(28)25-23-13-14-6-9-17(26)10-7-14/h6-13,16,26H,1-5H2,(H,24,27)(H,25,28). The summed E-state index contributed by atoms with van der Waals surface area (Å²) in [6, 6.07) is 11.1. The number of phenols is 1. The van der Waals surface area contributed by atoms with E-state index in [0.29, 0.717) is 10.6 Å². The summed E-state index contributed by atoms with van der Waals surface area (Å²) in [7, 11) is 0. The molecule has 1 aliphatic carbocycles. The van der Waals surface area contributed by atoms with Crippen molar-refractivity contribution in [2.24, 2.45) is 5.10 Å². The first-order valence-corrected chi connectivity index (χ1v) is 9.63. The molecule has 0 spiro atoms. The molecule has 28 heavy (non-hydrogen) atoms. The third-order valence-electron chi connectivity index (χ3n) is 4.68. The predicted octanol–water partition coefficient (Wildman–Crippen LogP) is 3.87. The van der Waals surface area contributed by atoms with Crippen molar-refractivity contribution in [2.75, 3.05) is 0 Å². The summed E-state index contributed by atoms with van der Waals surface area (Å²) in [5.41, 5.74) is 3.57. The lowest BCUT2D eigenvalue weighted by Crippen LogP contribution is -2.37. The van der Waals surface area contributed by atoms with Crippen LogP contribution in [-0.2, 0) is 0 Å². The molecule has 7 heteroatoms. The van der Waals surface area contributed by atoms with E-state index in [2.05, 4.69) is 15.8 Å². The van der Waals surface area contributed by atoms with Crippen molar-refractivity contribution in [1.29, 1.82) is 0 Å². The summed E-state index contributed by atoms with van der Waals surface area (Å²) < 4.78 is 0. The maximum Gasteiger partial charge on any atom is 0.272 e. The van der Waals surface area contributed by atoms with Gasteiger partial charge in [-0.25, -0.2) is 5.43 Å². The van der Waals surface area contributed by atoms with Gasteiger partial charge in [-0.3, -0.25) is 9.59 Å². The number of nitrogens with one attached hydrogen (secondary N) is 2. The molecule has 1 saturated carbocycles. The van der Waals surface area contributed by atoms with E-state index in [1.165, 1.54) is 30.8 Å². The molecule has 6 nitrogen and oxygen atoms in total. The molecule has 0 atom stereocenters. The molecule has 3 N–H and O–H groups in total. The van der Waals surface area contributed by atoms with Gasteiger partial charge in [-0.15, -0.1) is 0 Å². The highest BCUT2D eigenvalue weighted by Crippen LogP contribution is 2.20. The summed E-state index contributed by atoms with van der Waals surface area (Å²) >= 11 is 6.03. The van der Waals surface area contributed by atoms with Crippen molar-refractivity contribution in [2.45, 2.75) is 38.1 Å². The lowest BCUT2D eigenvalue weighted by molar-refractivity contribution is 0.0904. The summed E-state index contributed by atoms with van der Waals surface area (Å²) in [6.07, 6.45) is 6.76. The topological polar surface area (TPSA) is 90.8 Å². The van der Waals surface area contributed by atoms with Gasteiger partial charge in [0.2, 0.25) is 0 Å². The molecular formula is C21H22ClN3O3. The molecule has 1 aliphatic rings. The Labute approximate surface area is 168 Å². The van der Waals surface area contributed by atoms with Crippen molar-refractivity contribution in [3.63, 3.8) is 0 Å². The Balaban J connectivity index is 1.70. The molecule has 2 aromatic rings. The van der Waals surface area contributed by atoms with Gasteiger partial charge in [-0.2, -0.15) is 5.10 Å². The smallest absolute Gasteiger partial charge is 0.272 e. The molecule has 0 unspecified atom stereocenters. The molecule has 2 aromatic carbocycles. The molecule has 1 fully saturated rings. The van der Waals surface area contributed by atoms with E-state index >= 15 is 0 Å². The molecule has 0 saturated heterocycles. The van der Waals surface area contributed by atoms with Gasteiger partial charge in [0.25, 0.3) is 11.8 Å². The van der Waals surface area contributed by atoms with E-state index < -0.39 is 5.91 Å². The van der Waals surface area contributed by atoms with Crippen molar-refractivity contribution in [3.8, 4) is 5.75 Å². The number of carbonyl (C=O) groups is 2. The zero-order valence-electron chi connectivity index (χ0n) is 15.3. The minimum Gasteiger partial charge on any atom is -0.508 e. The SMILES string of the molecule is O=C(NN=Cc1ccc(O)cc1)c1cc(Cl)ccc1C(=O)NC1CCCCC1. The molecule has 3 rings (SSSR count). The van der Waals surface area contributed by atoms with Crippen LogP contribution in [0.2, 0.25) is 5.02 Å². The number of rotatable bonds is 5. The number of halogens is 1. The molecule has 146 valence electrons. The fourth-order valence-electron chi connectivity index (χ4n) is 3.20. The van der Waals surface area contributed by atoms with E-state index in [4.69, 9.17) is 11.6 Å². The van der Waals surface area contributed by atoms with Gasteiger partial charge in [0, 0.05) is 11.1 Å². The van der Waals surface area contributed by atoms with Crippen molar-refractivity contribution in [1.82, 2.24) is 10.7 Å². The zero-order valence-corrected chi connectivity index (χ0v) is 16.1. The summed E-state index contributed by atoms with van der Waals surface area (Å²) in [5.74, 6) is -0.656. The number of carbonyl (C=O) groups excluding carboxylic acids is 2. The molecule has 2 amide bonds. The third-order valence-corrected chi connectivity index (χ3v) is 4.92. The Morgan fingerprint density at radius 1 is 1.00 bits per heavy atom. The first kappa shape index (κ1) is 19.9. The normalized spacial score (nSPS) is 14.8. The molecule has 0 radical (unpaired) electrons. The molecule has 0 bridgehead atoms. The number of hydrogen-bond acceptors (Lipinski definition) is 4. The largest absolute Gasteiger partial charge is 0.508 e. The zero-order chi connectivity index (χ0) is 19.9. The maximum absolute atomic E-state index is 12.7. The Hall–Kier alpha value is -2.86. The van der Waals surface area contributed by atoms with Gasteiger partial charge in [-0.1, -0.05) is 30.9 Å². The van der Waals surface area contributed by atoms with Gasteiger partial charge in [0.05, 0.1) is 17.3 Å². The lowest BCUT2D eigenvalue weighted by atomic mass is 9.95. The average Bonchev–Trinajstić information content (AvgIpc) is 2.70. The highest BCUT2D eigenvalue weighted by Gasteiger charge is 2.21. The van der Waals surface area contributed by atoms with Crippen LogP contribution in [0.25, 0.3) is 0 Å². The average molecular weight is 400 g/mol. The molecule has 0 aliphatic heterocycles. The van der Waals surface area contributed by atoms with Crippen LogP contribution in [0.15, 0.2) is 47.6 Å². The summed E-state index contributed by atoms with van der Waals surface area (Å²) in [6.45, 7) is 0. The Kier molecular flexibility index (Phi) is 6.66. The van der Waals surface area contributed by atoms with Crippen LogP contribution in [0.4, 0.5) is 0 Å². The second-order valence-electron chi connectivity index (χ2n) is 6.79. The van der Waals surface area contributed by atoms with Crippen LogP contribution < -0.4 is 10.7 Å². The van der Waals surface area contributed by atoms with Gasteiger partial charge < -0.3 is 10.4 Å². The van der Waals surface area contributed by atoms with Gasteiger partial charge in [0.15, 0.2) is 0 Å². The Morgan fingerprint density at radius 2 is 1.71 bits per heavy atom. The van der Waals surface area contributed by atoms with E-state index in [-0.39, 0.29) is 28.8 Å². The highest BCUT2D eigenvalue weighted by molar-refractivity contribution is 6.31. The minimum atomic E-state index is -0.522. The fraction of sp³-hybridized carbons (Fsp3) is 0.286. The number of aromatic hydroxyl groups is 1. The number of nitrogens with zero attached hydrogens (tertiary/aromatic N) is 1. The van der Waals surface area contributed by atoms with E-state index in [1.807, 2.05) is 0 Å². The second-order valence-corrected chi connectivity index (χ2v) is 7.23. The van der Waals surface area contributed by atoms with Crippen LogP contribution >= 0.6 is 11.6 Å². The van der Waals surface area contributed by atoms with Crippen molar-refractivity contribution >= 4 is 29.6 Å². The summed E-state index contributed by atoms with van der Waals surface area (Å²) in [5, 5.41) is 16.6. The number of benzene rings is 2. The van der Waals surface area contributed by atoms with Crippen molar-refractivity contribution < 1.29 is 14.7 Å². The maximum atomic E-state index is 12.7. The van der Waals surface area contributed by atoms with Crippen molar-refractivity contribution in [3.05, 3.63) is 64.2 Å². The lowest BCUT2D eigenvalue weighted by Gasteiger charge is -2.23. The van der Waals surface area contributed by atoms with Crippen LogP contribution in [0.1, 0.15) is 58.4 Å². The van der Waals surface area contributed by atoms with Crippen LogP contribution in [0.5, 0.6) is 5.75 Å². The number of hydrazone groups is 1. The van der Waals surface area contributed by atoms with Gasteiger partial charge >= 0.3 is 0 Å². The first-order chi connectivity index (χ1) is 13.5. The van der Waals surface area contributed by atoms with Crippen LogP contribution in [0, 0.1) is 0 Å². The molecule has 0 aromatic heterocycles. The Bertz CT molecular complexity index is 875. The number of phenolic OH excluding ortho intramolecular Hbond substituents is 1. The molecule has 0 heterocycles. The number of hydrogen-bond donors (Lipinski definition) is 3. The second kappa shape index (κ2) is 9.37. The monoisotopic (exact) mass is 399 g/mol. The first-order valence-electron chi connectivity index (χ1n) is 9.26. The van der Waals surface area contributed by atoms with E-state index in [1.54, 1.807) is 24.3 Å². The predicted molar refractivity (Wildman–Crippen MR) is 109 cm³/mol. The number of amides is 2. The van der Waals surface area contributed by atoms with Gasteiger partial charge in [0.1, 0.15) is 5.75 Å². The van der Waals surface area contributed by atoms with Gasteiger partial charge in [-0.05, 0) is 60.9 Å². The quantitative estimate of drug-likeness (QED) is 0.526. The third kappa shape index (κ3) is 5.33. The van der Waals surface area contributed by atoms with E-state index in [0.717, 1.165) is 25.7 Å². The van der Waals surface area contributed by atoms with E-state index in [9.17, 15) is 14.7 Å². The highest BCUT2D eigenvalue weighted by atomic mass is 35.5. The summed E-state index contributed by atoms with van der Waals surface area (Å²) in [4.78, 5) is 25.2. The van der Waals surface area contributed by atoms with Crippen LogP contribution in [-0.4, -0.2) is 29.2 Å². The molecular weight excluding hydrogens is 378 g/mol.